The first-order chi connectivity index (χ1) is 12.6. The third-order valence-corrected chi connectivity index (χ3v) is 5.83. The minimum Gasteiger partial charge on any atom is -0.478 e. The molecule has 142 valence electrons. The van der Waals surface area contributed by atoms with Gasteiger partial charge in [-0.05, 0) is 65.0 Å². The lowest BCUT2D eigenvalue weighted by Gasteiger charge is -2.42. The molecule has 0 saturated carbocycles. The minimum absolute atomic E-state index is 0.176. The number of carbonyl (C=O) groups is 1. The van der Waals surface area contributed by atoms with E-state index in [9.17, 15) is 4.79 Å². The summed E-state index contributed by atoms with van der Waals surface area (Å²) in [4.78, 5) is 11.1. The molecule has 1 aromatic heterocycles. The van der Waals surface area contributed by atoms with Crippen molar-refractivity contribution in [3.63, 3.8) is 0 Å². The van der Waals surface area contributed by atoms with Crippen LogP contribution in [0.25, 0.3) is 11.6 Å². The molecule has 0 amide bonds. The number of benzene rings is 1. The van der Waals surface area contributed by atoms with Crippen LogP contribution in [0.2, 0.25) is 0 Å². The van der Waals surface area contributed by atoms with Crippen LogP contribution >= 0.6 is 0 Å². The van der Waals surface area contributed by atoms with Crippen molar-refractivity contribution in [3.05, 3.63) is 70.7 Å². The average Bonchev–Trinajstić information content (AvgIpc) is 3.07. The van der Waals surface area contributed by atoms with Gasteiger partial charge >= 0.3 is 5.97 Å². The van der Waals surface area contributed by atoms with Crippen LogP contribution in [-0.4, -0.2) is 11.1 Å². The number of furan rings is 1. The van der Waals surface area contributed by atoms with Gasteiger partial charge < -0.3 is 9.52 Å². The normalized spacial score (nSPS) is 18.5. The predicted molar refractivity (Wildman–Crippen MR) is 110 cm³/mol. The molecule has 3 nitrogen and oxygen atoms in total. The molecule has 1 N–H and O–H groups in total. The SMILES string of the molecule is C/C(=C/C=C/c1occc1C(=O)O)c1ccc2c(c1)C(C)(C)CCC2(C)C. The first-order valence-electron chi connectivity index (χ1n) is 9.43. The Morgan fingerprint density at radius 1 is 1.07 bits per heavy atom. The molecule has 1 heterocycles. The van der Waals surface area contributed by atoms with Crippen LogP contribution in [0.1, 0.15) is 80.3 Å². The lowest BCUT2D eigenvalue weighted by Crippen LogP contribution is -2.33. The van der Waals surface area contributed by atoms with Crippen LogP contribution in [0.4, 0.5) is 0 Å². The number of hydrogen-bond donors (Lipinski definition) is 1. The molecule has 0 bridgehead atoms. The van der Waals surface area contributed by atoms with Gasteiger partial charge in [0.15, 0.2) is 0 Å². The zero-order valence-corrected chi connectivity index (χ0v) is 16.8. The Morgan fingerprint density at radius 2 is 1.74 bits per heavy atom. The zero-order chi connectivity index (χ0) is 19.8. The molecule has 1 aromatic carbocycles. The van der Waals surface area contributed by atoms with E-state index in [2.05, 4.69) is 52.8 Å². The highest BCUT2D eigenvalue weighted by Crippen LogP contribution is 2.46. The van der Waals surface area contributed by atoms with Crippen LogP contribution < -0.4 is 0 Å². The van der Waals surface area contributed by atoms with Crippen molar-refractivity contribution in [2.45, 2.75) is 58.3 Å². The van der Waals surface area contributed by atoms with Gasteiger partial charge in [0.25, 0.3) is 0 Å². The van der Waals surface area contributed by atoms with Gasteiger partial charge in [0.2, 0.25) is 0 Å². The summed E-state index contributed by atoms with van der Waals surface area (Å²) >= 11 is 0. The van der Waals surface area contributed by atoms with Crippen molar-refractivity contribution >= 4 is 17.6 Å². The quantitative estimate of drug-likeness (QED) is 0.635. The Morgan fingerprint density at radius 3 is 2.41 bits per heavy atom. The number of hydrogen-bond acceptors (Lipinski definition) is 2. The Kier molecular flexibility index (Phi) is 4.90. The fourth-order valence-corrected chi connectivity index (χ4v) is 3.84. The number of rotatable bonds is 4. The molecule has 3 rings (SSSR count). The lowest BCUT2D eigenvalue weighted by molar-refractivity contribution is 0.0696. The number of carboxylic acids is 1. The third kappa shape index (κ3) is 3.78. The summed E-state index contributed by atoms with van der Waals surface area (Å²) in [5, 5.41) is 9.14. The number of allylic oxidation sites excluding steroid dienone is 3. The van der Waals surface area contributed by atoms with Gasteiger partial charge in [0.05, 0.1) is 6.26 Å². The van der Waals surface area contributed by atoms with Gasteiger partial charge in [-0.2, -0.15) is 0 Å². The molecule has 0 radical (unpaired) electrons. The highest BCUT2D eigenvalue weighted by Gasteiger charge is 2.36. The average molecular weight is 364 g/mol. The fraction of sp³-hybridized carbons (Fsp3) is 0.375. The highest BCUT2D eigenvalue weighted by atomic mass is 16.4. The van der Waals surface area contributed by atoms with Gasteiger partial charge in [0, 0.05) is 0 Å². The topological polar surface area (TPSA) is 50.4 Å². The molecule has 0 atom stereocenters. The van der Waals surface area contributed by atoms with E-state index in [1.165, 1.54) is 41.9 Å². The molecule has 2 aromatic rings. The molecular weight excluding hydrogens is 336 g/mol. The Balaban J connectivity index is 1.90. The second-order valence-electron chi connectivity index (χ2n) is 8.74. The Hall–Kier alpha value is -2.55. The molecule has 0 saturated heterocycles. The van der Waals surface area contributed by atoms with E-state index in [1.807, 2.05) is 12.2 Å². The van der Waals surface area contributed by atoms with E-state index in [-0.39, 0.29) is 16.4 Å². The molecule has 0 aliphatic heterocycles. The Bertz CT molecular complexity index is 923. The molecule has 1 aliphatic rings. The minimum atomic E-state index is -0.983. The predicted octanol–water partition coefficient (Wildman–Crippen LogP) is 6.44. The molecule has 0 unspecified atom stereocenters. The summed E-state index contributed by atoms with van der Waals surface area (Å²) in [6.45, 7) is 11.4. The number of carboxylic acid groups (broad SMARTS) is 1. The third-order valence-electron chi connectivity index (χ3n) is 5.83. The van der Waals surface area contributed by atoms with E-state index in [0.717, 1.165) is 5.57 Å². The Labute approximate surface area is 161 Å². The van der Waals surface area contributed by atoms with E-state index >= 15 is 0 Å². The van der Waals surface area contributed by atoms with Crippen LogP contribution in [-0.2, 0) is 10.8 Å². The van der Waals surface area contributed by atoms with Gasteiger partial charge in [-0.15, -0.1) is 0 Å². The molecule has 0 fully saturated rings. The molecule has 1 aliphatic carbocycles. The fourth-order valence-electron chi connectivity index (χ4n) is 3.84. The molecule has 0 spiro atoms. The molecule has 27 heavy (non-hydrogen) atoms. The van der Waals surface area contributed by atoms with Crippen molar-refractivity contribution < 1.29 is 14.3 Å². The number of fused-ring (bicyclic) bond motifs is 1. The maximum absolute atomic E-state index is 11.1. The van der Waals surface area contributed by atoms with E-state index in [4.69, 9.17) is 9.52 Å². The van der Waals surface area contributed by atoms with E-state index in [1.54, 1.807) is 6.08 Å². The van der Waals surface area contributed by atoms with Crippen LogP contribution in [0.15, 0.2) is 47.1 Å². The summed E-state index contributed by atoms with van der Waals surface area (Å²) in [6.07, 6.45) is 9.33. The molecule has 3 heteroatoms. The zero-order valence-electron chi connectivity index (χ0n) is 16.8. The van der Waals surface area contributed by atoms with Gasteiger partial charge in [-0.1, -0.05) is 58.0 Å². The summed E-state index contributed by atoms with van der Waals surface area (Å²) in [7, 11) is 0. The van der Waals surface area contributed by atoms with Crippen molar-refractivity contribution in [3.8, 4) is 0 Å². The van der Waals surface area contributed by atoms with Crippen molar-refractivity contribution in [2.24, 2.45) is 0 Å². The van der Waals surface area contributed by atoms with Crippen LogP contribution in [0, 0.1) is 0 Å². The lowest BCUT2D eigenvalue weighted by atomic mass is 9.63. The summed E-state index contributed by atoms with van der Waals surface area (Å²) in [5.41, 5.74) is 5.79. The van der Waals surface area contributed by atoms with Crippen molar-refractivity contribution in [1.29, 1.82) is 0 Å². The maximum atomic E-state index is 11.1. The standard InChI is InChI=1S/C24H28O3/c1-16(7-6-8-21-18(22(25)26)11-14-27-21)17-9-10-19-20(15-17)24(4,5)13-12-23(19,2)3/h6-11,14-15H,12-13H2,1-5H3,(H,25,26)/b8-6+,16-7-. The van der Waals surface area contributed by atoms with Gasteiger partial charge in [-0.25, -0.2) is 4.79 Å². The number of aromatic carboxylic acids is 1. The summed E-state index contributed by atoms with van der Waals surface area (Å²) in [5.74, 6) is -0.622. The smallest absolute Gasteiger partial charge is 0.339 e. The van der Waals surface area contributed by atoms with E-state index in [0.29, 0.717) is 5.76 Å². The van der Waals surface area contributed by atoms with Crippen molar-refractivity contribution in [1.82, 2.24) is 0 Å². The first kappa shape index (κ1) is 19.2. The largest absolute Gasteiger partial charge is 0.478 e. The van der Waals surface area contributed by atoms with Crippen LogP contribution in [0.3, 0.4) is 0 Å². The van der Waals surface area contributed by atoms with Gasteiger partial charge in [0.1, 0.15) is 11.3 Å². The first-order valence-corrected chi connectivity index (χ1v) is 9.43. The monoisotopic (exact) mass is 364 g/mol. The second-order valence-corrected chi connectivity index (χ2v) is 8.74. The highest BCUT2D eigenvalue weighted by molar-refractivity contribution is 5.91. The summed E-state index contributed by atoms with van der Waals surface area (Å²) in [6, 6.07) is 8.26. The summed E-state index contributed by atoms with van der Waals surface area (Å²) < 4.78 is 5.24. The van der Waals surface area contributed by atoms with Crippen molar-refractivity contribution in [2.75, 3.05) is 0 Å². The van der Waals surface area contributed by atoms with Crippen LogP contribution in [0.5, 0.6) is 0 Å². The van der Waals surface area contributed by atoms with E-state index < -0.39 is 5.97 Å². The second kappa shape index (κ2) is 6.88. The molecular formula is C24H28O3. The maximum Gasteiger partial charge on any atom is 0.339 e. The van der Waals surface area contributed by atoms with Gasteiger partial charge in [-0.3, -0.25) is 0 Å².